The van der Waals surface area contributed by atoms with Crippen molar-refractivity contribution in [3.8, 4) is 11.6 Å². The van der Waals surface area contributed by atoms with Crippen molar-refractivity contribution in [3.05, 3.63) is 54.0 Å². The highest BCUT2D eigenvalue weighted by Crippen LogP contribution is 2.20. The first-order valence-corrected chi connectivity index (χ1v) is 7.95. The molecule has 8 heteroatoms. The number of nitrogens with zero attached hydrogens (tertiary/aromatic N) is 2. The minimum absolute atomic E-state index is 0.108. The lowest BCUT2D eigenvalue weighted by Gasteiger charge is -2.20. The van der Waals surface area contributed by atoms with Crippen molar-refractivity contribution in [3.63, 3.8) is 0 Å². The van der Waals surface area contributed by atoms with E-state index in [9.17, 15) is 14.0 Å². The maximum absolute atomic E-state index is 12.9. The summed E-state index contributed by atoms with van der Waals surface area (Å²) in [4.78, 5) is 28.3. The maximum atomic E-state index is 12.9. The molecule has 2 aromatic rings. The Morgan fingerprint density at radius 2 is 2.00 bits per heavy atom. The van der Waals surface area contributed by atoms with Gasteiger partial charge in [0.05, 0.1) is 5.92 Å². The summed E-state index contributed by atoms with van der Waals surface area (Å²) in [5.41, 5.74) is 0.755. The van der Waals surface area contributed by atoms with Crippen LogP contribution in [0.1, 0.15) is 12.5 Å². The number of halogens is 1. The molecule has 0 bridgehead atoms. The number of rotatable bonds is 7. The molecule has 0 spiro atoms. The molecular weight excluding hydrogens is 341 g/mol. The minimum Gasteiger partial charge on any atom is -0.481 e. The average Bonchev–Trinajstić information content (AvgIpc) is 2.61. The number of amides is 2. The number of carbonyl (C=O) groups is 2. The highest BCUT2D eigenvalue weighted by Gasteiger charge is 2.17. The van der Waals surface area contributed by atoms with Crippen molar-refractivity contribution in [1.29, 1.82) is 0 Å². The monoisotopic (exact) mass is 361 g/mol. The number of carboxylic acid groups (broad SMARTS) is 1. The molecule has 1 unspecified atom stereocenters. The Balaban J connectivity index is 1.90. The molecule has 0 saturated carbocycles. The number of carboxylic acids is 1. The van der Waals surface area contributed by atoms with Crippen LogP contribution in [0.4, 0.5) is 9.18 Å². The quantitative estimate of drug-likeness (QED) is 0.791. The number of carbonyl (C=O) groups excluding carboxylic acids is 1. The van der Waals surface area contributed by atoms with Gasteiger partial charge in [0.15, 0.2) is 0 Å². The summed E-state index contributed by atoms with van der Waals surface area (Å²) in [6, 6.07) is 8.55. The van der Waals surface area contributed by atoms with E-state index in [1.165, 1.54) is 49.3 Å². The van der Waals surface area contributed by atoms with Crippen molar-refractivity contribution in [2.75, 3.05) is 13.6 Å². The van der Waals surface area contributed by atoms with Gasteiger partial charge in [0, 0.05) is 32.4 Å². The van der Waals surface area contributed by atoms with Crippen molar-refractivity contribution < 1.29 is 23.8 Å². The Labute approximate surface area is 150 Å². The van der Waals surface area contributed by atoms with E-state index in [2.05, 4.69) is 10.3 Å². The third-order valence-electron chi connectivity index (χ3n) is 3.60. The molecule has 26 heavy (non-hydrogen) atoms. The lowest BCUT2D eigenvalue weighted by molar-refractivity contribution is -0.141. The van der Waals surface area contributed by atoms with Gasteiger partial charge in [-0.05, 0) is 35.9 Å². The molecule has 0 saturated heterocycles. The molecule has 0 radical (unpaired) electrons. The third kappa shape index (κ3) is 5.73. The van der Waals surface area contributed by atoms with E-state index in [-0.39, 0.29) is 24.9 Å². The van der Waals surface area contributed by atoms with E-state index in [0.717, 1.165) is 5.56 Å². The Morgan fingerprint density at radius 3 is 2.65 bits per heavy atom. The topological polar surface area (TPSA) is 91.8 Å². The predicted molar refractivity (Wildman–Crippen MR) is 92.4 cm³/mol. The molecule has 0 aliphatic carbocycles. The van der Waals surface area contributed by atoms with Crippen LogP contribution in [0, 0.1) is 11.7 Å². The van der Waals surface area contributed by atoms with Gasteiger partial charge < -0.3 is 20.1 Å². The van der Waals surface area contributed by atoms with E-state index in [1.807, 2.05) is 0 Å². The SMILES string of the molecule is CC(CN(C)C(=O)NCc1ccnc(Oc2ccc(F)cc2)c1)C(=O)O. The normalized spacial score (nSPS) is 11.5. The molecule has 0 fully saturated rings. The van der Waals surface area contributed by atoms with Gasteiger partial charge in [-0.2, -0.15) is 0 Å². The van der Waals surface area contributed by atoms with Crippen LogP contribution in [0.5, 0.6) is 11.6 Å². The first-order chi connectivity index (χ1) is 12.3. The second-order valence-electron chi connectivity index (χ2n) is 5.84. The van der Waals surface area contributed by atoms with Crippen LogP contribution in [0.3, 0.4) is 0 Å². The Hall–Kier alpha value is -3.16. The lowest BCUT2D eigenvalue weighted by Crippen LogP contribution is -2.40. The Morgan fingerprint density at radius 1 is 1.31 bits per heavy atom. The van der Waals surface area contributed by atoms with Gasteiger partial charge in [0.2, 0.25) is 5.88 Å². The zero-order valence-corrected chi connectivity index (χ0v) is 14.5. The van der Waals surface area contributed by atoms with Gasteiger partial charge in [0.1, 0.15) is 11.6 Å². The Kier molecular flexibility index (Phi) is 6.48. The van der Waals surface area contributed by atoms with Gasteiger partial charge >= 0.3 is 12.0 Å². The fourth-order valence-electron chi connectivity index (χ4n) is 2.12. The summed E-state index contributed by atoms with van der Waals surface area (Å²) in [7, 11) is 1.53. The second-order valence-corrected chi connectivity index (χ2v) is 5.84. The largest absolute Gasteiger partial charge is 0.481 e. The molecule has 2 N–H and O–H groups in total. The molecule has 1 aromatic heterocycles. The van der Waals surface area contributed by atoms with Crippen LogP contribution in [-0.4, -0.2) is 40.6 Å². The van der Waals surface area contributed by atoms with Gasteiger partial charge in [-0.25, -0.2) is 14.2 Å². The molecule has 0 aliphatic rings. The summed E-state index contributed by atoms with van der Waals surface area (Å²) in [6.45, 7) is 1.87. The van der Waals surface area contributed by atoms with E-state index in [0.29, 0.717) is 11.6 Å². The molecule has 1 aromatic carbocycles. The summed E-state index contributed by atoms with van der Waals surface area (Å²) >= 11 is 0. The second kappa shape index (κ2) is 8.80. The number of benzene rings is 1. The highest BCUT2D eigenvalue weighted by molar-refractivity contribution is 5.75. The maximum Gasteiger partial charge on any atom is 0.317 e. The molecule has 138 valence electrons. The zero-order valence-electron chi connectivity index (χ0n) is 14.5. The van der Waals surface area contributed by atoms with Crippen molar-refractivity contribution in [1.82, 2.24) is 15.2 Å². The highest BCUT2D eigenvalue weighted by atomic mass is 19.1. The fraction of sp³-hybridized carbons (Fsp3) is 0.278. The molecule has 1 atom stereocenters. The van der Waals surface area contributed by atoms with Gasteiger partial charge in [-0.15, -0.1) is 0 Å². The van der Waals surface area contributed by atoms with Crippen LogP contribution in [0.2, 0.25) is 0 Å². The molecule has 2 rings (SSSR count). The van der Waals surface area contributed by atoms with E-state index < -0.39 is 11.9 Å². The van der Waals surface area contributed by atoms with Gasteiger partial charge in [-0.1, -0.05) is 6.92 Å². The first kappa shape index (κ1) is 19.2. The van der Waals surface area contributed by atoms with E-state index in [4.69, 9.17) is 9.84 Å². The van der Waals surface area contributed by atoms with Crippen LogP contribution in [-0.2, 0) is 11.3 Å². The van der Waals surface area contributed by atoms with Crippen LogP contribution in [0.15, 0.2) is 42.6 Å². The average molecular weight is 361 g/mol. The predicted octanol–water partition coefficient (Wildman–Crippen LogP) is 2.88. The van der Waals surface area contributed by atoms with Crippen LogP contribution < -0.4 is 10.1 Å². The molecule has 7 nitrogen and oxygen atoms in total. The lowest BCUT2D eigenvalue weighted by atomic mass is 10.2. The van der Waals surface area contributed by atoms with Gasteiger partial charge in [0.25, 0.3) is 0 Å². The van der Waals surface area contributed by atoms with Crippen molar-refractivity contribution >= 4 is 12.0 Å². The molecule has 1 heterocycles. The summed E-state index contributed by atoms with van der Waals surface area (Å²) in [5, 5.41) is 11.6. The number of hydrogen-bond acceptors (Lipinski definition) is 4. The van der Waals surface area contributed by atoms with Crippen LogP contribution >= 0.6 is 0 Å². The summed E-state index contributed by atoms with van der Waals surface area (Å²) in [6.07, 6.45) is 1.54. The van der Waals surface area contributed by atoms with Crippen LogP contribution in [0.25, 0.3) is 0 Å². The van der Waals surface area contributed by atoms with E-state index >= 15 is 0 Å². The zero-order chi connectivity index (χ0) is 19.1. The van der Waals surface area contributed by atoms with Crippen molar-refractivity contribution in [2.45, 2.75) is 13.5 Å². The van der Waals surface area contributed by atoms with Gasteiger partial charge in [-0.3, -0.25) is 4.79 Å². The number of aliphatic carboxylic acids is 1. The summed E-state index contributed by atoms with van der Waals surface area (Å²) < 4.78 is 18.4. The number of pyridine rings is 1. The molecule has 0 aliphatic heterocycles. The number of nitrogens with one attached hydrogen (secondary N) is 1. The smallest absolute Gasteiger partial charge is 0.317 e. The molecular formula is C18H20FN3O4. The number of aromatic nitrogens is 1. The Bertz CT molecular complexity index is 767. The first-order valence-electron chi connectivity index (χ1n) is 7.95. The standard InChI is InChI=1S/C18H20FN3O4/c1-12(17(23)24)11-22(2)18(25)21-10-13-7-8-20-16(9-13)26-15-5-3-14(19)4-6-15/h3-9,12H,10-11H2,1-2H3,(H,21,25)(H,23,24). The number of urea groups is 1. The number of ether oxygens (including phenoxy) is 1. The third-order valence-corrected chi connectivity index (χ3v) is 3.60. The van der Waals surface area contributed by atoms with E-state index in [1.54, 1.807) is 12.1 Å². The van der Waals surface area contributed by atoms with Crippen molar-refractivity contribution in [2.24, 2.45) is 5.92 Å². The summed E-state index contributed by atoms with van der Waals surface area (Å²) in [5.74, 6) is -1.20. The number of hydrogen-bond donors (Lipinski definition) is 2. The molecule has 2 amide bonds. The fourth-order valence-corrected chi connectivity index (χ4v) is 2.12. The minimum atomic E-state index is -0.957.